The van der Waals surface area contributed by atoms with Crippen LogP contribution in [-0.4, -0.2) is 24.9 Å². The maximum atomic E-state index is 11.5. The van der Waals surface area contributed by atoms with Crippen LogP contribution in [0, 0.1) is 5.92 Å². The zero-order valence-corrected chi connectivity index (χ0v) is 8.55. The number of hydrogen-bond acceptors (Lipinski definition) is 3. The van der Waals surface area contributed by atoms with Gasteiger partial charge in [0.15, 0.2) is 5.03 Å². The predicted molar refractivity (Wildman–Crippen MR) is 51.1 cm³/mol. The van der Waals surface area contributed by atoms with Gasteiger partial charge < -0.3 is 4.98 Å². The highest BCUT2D eigenvalue weighted by Crippen LogP contribution is 2.31. The molecule has 1 fully saturated rings. The number of aromatic amines is 1. The Kier molecular flexibility index (Phi) is 2.56. The Morgan fingerprint density at radius 3 is 2.93 bits per heavy atom. The van der Waals surface area contributed by atoms with Crippen molar-refractivity contribution in [2.24, 2.45) is 5.92 Å². The average Bonchev–Trinajstić information content (AvgIpc) is 2.80. The van der Waals surface area contributed by atoms with E-state index in [2.05, 4.69) is 14.7 Å². The van der Waals surface area contributed by atoms with Crippen molar-refractivity contribution in [2.75, 3.05) is 6.54 Å². The summed E-state index contributed by atoms with van der Waals surface area (Å²) in [4.78, 5) is 6.24. The van der Waals surface area contributed by atoms with E-state index < -0.39 is 10.0 Å². The fourth-order valence-electron chi connectivity index (χ4n) is 1.27. The third-order valence-corrected chi connectivity index (χ3v) is 3.69. The summed E-state index contributed by atoms with van der Waals surface area (Å²) in [5.41, 5.74) is 0. The predicted octanol–water partition coefficient (Wildman–Crippen LogP) is 0.488. The molecule has 1 heterocycles. The molecule has 5 nitrogen and oxygen atoms in total. The third kappa shape index (κ3) is 2.33. The van der Waals surface area contributed by atoms with Crippen LogP contribution in [0.3, 0.4) is 0 Å². The minimum Gasteiger partial charge on any atom is -0.335 e. The third-order valence-electron chi connectivity index (χ3n) is 2.30. The van der Waals surface area contributed by atoms with E-state index in [9.17, 15) is 8.42 Å². The molecule has 1 aromatic rings. The van der Waals surface area contributed by atoms with Gasteiger partial charge in [0, 0.05) is 6.54 Å². The highest BCUT2D eigenvalue weighted by atomic mass is 32.2. The number of imidazole rings is 1. The Balaban J connectivity index is 1.88. The largest absolute Gasteiger partial charge is 0.335 e. The lowest BCUT2D eigenvalue weighted by Crippen LogP contribution is -2.25. The second-order valence-corrected chi connectivity index (χ2v) is 5.28. The van der Waals surface area contributed by atoms with Crippen LogP contribution in [0.4, 0.5) is 0 Å². The standard InChI is InChI=1S/C8H13N3O2S/c12-14(13,8-5-9-6-10-8)11-4-3-7-1-2-7/h5-7,11H,1-4H2,(H,9,10). The molecule has 0 atom stereocenters. The van der Waals surface area contributed by atoms with Gasteiger partial charge >= 0.3 is 0 Å². The molecule has 0 amide bonds. The van der Waals surface area contributed by atoms with Crippen molar-refractivity contribution in [2.45, 2.75) is 24.3 Å². The molecule has 0 spiro atoms. The molecule has 0 saturated heterocycles. The fourth-order valence-corrected chi connectivity index (χ4v) is 2.22. The lowest BCUT2D eigenvalue weighted by Gasteiger charge is -2.02. The second-order valence-electron chi connectivity index (χ2n) is 3.55. The van der Waals surface area contributed by atoms with E-state index in [4.69, 9.17) is 0 Å². The topological polar surface area (TPSA) is 74.8 Å². The maximum Gasteiger partial charge on any atom is 0.257 e. The van der Waals surface area contributed by atoms with E-state index in [0.29, 0.717) is 6.54 Å². The molecule has 1 aromatic heterocycles. The van der Waals surface area contributed by atoms with Gasteiger partial charge in [0.25, 0.3) is 10.0 Å². The van der Waals surface area contributed by atoms with Crippen molar-refractivity contribution in [3.05, 3.63) is 12.5 Å². The molecule has 1 saturated carbocycles. The second kappa shape index (κ2) is 3.70. The van der Waals surface area contributed by atoms with Crippen molar-refractivity contribution < 1.29 is 8.42 Å². The van der Waals surface area contributed by atoms with Crippen molar-refractivity contribution in [1.29, 1.82) is 0 Å². The normalized spacial score (nSPS) is 17.1. The summed E-state index contributed by atoms with van der Waals surface area (Å²) in [7, 11) is -3.35. The molecule has 0 radical (unpaired) electrons. The first kappa shape index (κ1) is 9.67. The van der Waals surface area contributed by atoms with Crippen LogP contribution in [0.15, 0.2) is 17.6 Å². The molecule has 1 aliphatic rings. The monoisotopic (exact) mass is 215 g/mol. The van der Waals surface area contributed by atoms with Gasteiger partial charge in [-0.2, -0.15) is 0 Å². The summed E-state index contributed by atoms with van der Waals surface area (Å²) in [5, 5.41) is 0.133. The SMILES string of the molecule is O=S(=O)(NCCC1CC1)c1cnc[nH]1. The fraction of sp³-hybridized carbons (Fsp3) is 0.625. The van der Waals surface area contributed by atoms with Crippen molar-refractivity contribution >= 4 is 10.0 Å². The molecule has 14 heavy (non-hydrogen) atoms. The van der Waals surface area contributed by atoms with Crippen LogP contribution in [0.25, 0.3) is 0 Å². The summed E-state index contributed by atoms with van der Waals surface area (Å²) in [5.74, 6) is 0.736. The van der Waals surface area contributed by atoms with E-state index in [0.717, 1.165) is 12.3 Å². The number of rotatable bonds is 5. The maximum absolute atomic E-state index is 11.5. The zero-order valence-electron chi connectivity index (χ0n) is 7.73. The molecule has 0 aliphatic heterocycles. The van der Waals surface area contributed by atoms with E-state index in [-0.39, 0.29) is 5.03 Å². The van der Waals surface area contributed by atoms with Gasteiger partial charge in [0.2, 0.25) is 0 Å². The van der Waals surface area contributed by atoms with E-state index in [1.807, 2.05) is 0 Å². The lowest BCUT2D eigenvalue weighted by atomic mass is 10.3. The lowest BCUT2D eigenvalue weighted by molar-refractivity contribution is 0.572. The van der Waals surface area contributed by atoms with Crippen molar-refractivity contribution in [3.8, 4) is 0 Å². The quantitative estimate of drug-likeness (QED) is 0.750. The van der Waals surface area contributed by atoms with Crippen molar-refractivity contribution in [3.63, 3.8) is 0 Å². The number of hydrogen-bond donors (Lipinski definition) is 2. The molecule has 0 aromatic carbocycles. The molecule has 78 valence electrons. The number of aromatic nitrogens is 2. The molecule has 2 rings (SSSR count). The minimum absolute atomic E-state index is 0.133. The van der Waals surface area contributed by atoms with E-state index in [1.54, 1.807) is 0 Å². The Morgan fingerprint density at radius 2 is 2.36 bits per heavy atom. The first-order valence-electron chi connectivity index (χ1n) is 4.66. The van der Waals surface area contributed by atoms with Crippen LogP contribution >= 0.6 is 0 Å². The van der Waals surface area contributed by atoms with E-state index >= 15 is 0 Å². The molecule has 0 unspecified atom stereocenters. The number of nitrogens with zero attached hydrogens (tertiary/aromatic N) is 1. The van der Waals surface area contributed by atoms with Crippen LogP contribution in [0.2, 0.25) is 0 Å². The van der Waals surface area contributed by atoms with Crippen LogP contribution < -0.4 is 4.72 Å². The summed E-state index contributed by atoms with van der Waals surface area (Å²) >= 11 is 0. The summed E-state index contributed by atoms with van der Waals surface area (Å²) in [6, 6.07) is 0. The summed E-state index contributed by atoms with van der Waals surface area (Å²) in [6.07, 6.45) is 6.08. The number of nitrogens with one attached hydrogen (secondary N) is 2. The van der Waals surface area contributed by atoms with Gasteiger partial charge in [0.05, 0.1) is 12.5 Å². The average molecular weight is 215 g/mol. The Bertz CT molecular complexity index is 381. The molecular weight excluding hydrogens is 202 g/mol. The molecule has 6 heteroatoms. The highest BCUT2D eigenvalue weighted by molar-refractivity contribution is 7.89. The number of sulfonamides is 1. The number of H-pyrrole nitrogens is 1. The minimum atomic E-state index is -3.35. The zero-order chi connectivity index (χ0) is 10.0. The Morgan fingerprint density at radius 1 is 1.57 bits per heavy atom. The van der Waals surface area contributed by atoms with Crippen LogP contribution in [0.1, 0.15) is 19.3 Å². The van der Waals surface area contributed by atoms with Crippen LogP contribution in [-0.2, 0) is 10.0 Å². The summed E-state index contributed by atoms with van der Waals surface area (Å²) in [6.45, 7) is 0.520. The molecule has 0 bridgehead atoms. The molecular formula is C8H13N3O2S. The molecule has 2 N–H and O–H groups in total. The summed E-state index contributed by atoms with van der Waals surface area (Å²) < 4.78 is 25.6. The van der Waals surface area contributed by atoms with E-state index in [1.165, 1.54) is 25.4 Å². The van der Waals surface area contributed by atoms with Gasteiger partial charge in [-0.1, -0.05) is 12.8 Å². The molecule has 1 aliphatic carbocycles. The first-order valence-corrected chi connectivity index (χ1v) is 6.15. The highest BCUT2D eigenvalue weighted by Gasteiger charge is 2.22. The van der Waals surface area contributed by atoms with Crippen molar-refractivity contribution in [1.82, 2.24) is 14.7 Å². The smallest absolute Gasteiger partial charge is 0.257 e. The Hall–Kier alpha value is -0.880. The van der Waals surface area contributed by atoms with Crippen LogP contribution in [0.5, 0.6) is 0 Å². The van der Waals surface area contributed by atoms with Gasteiger partial charge in [0.1, 0.15) is 0 Å². The first-order chi connectivity index (χ1) is 6.68. The Labute approximate surface area is 83.0 Å². The van der Waals surface area contributed by atoms with Gasteiger partial charge in [-0.3, -0.25) is 0 Å². The van der Waals surface area contributed by atoms with Gasteiger partial charge in [-0.05, 0) is 12.3 Å². The van der Waals surface area contributed by atoms with Gasteiger partial charge in [-0.15, -0.1) is 0 Å². The van der Waals surface area contributed by atoms with Gasteiger partial charge in [-0.25, -0.2) is 18.1 Å².